The average molecular weight is 495 g/mol. The van der Waals surface area contributed by atoms with Gasteiger partial charge in [-0.25, -0.2) is 4.98 Å². The average Bonchev–Trinajstić information content (AvgIpc) is 3.41. The van der Waals surface area contributed by atoms with Gasteiger partial charge in [-0.05, 0) is 35.7 Å². The molecule has 3 aromatic carbocycles. The summed E-state index contributed by atoms with van der Waals surface area (Å²) in [5.41, 5.74) is 3.63. The third-order valence-corrected chi connectivity index (χ3v) is 6.10. The maximum atomic E-state index is 13.8. The van der Waals surface area contributed by atoms with Crippen molar-refractivity contribution in [2.24, 2.45) is 0 Å². The van der Waals surface area contributed by atoms with Gasteiger partial charge in [0.25, 0.3) is 5.91 Å². The number of nitrogens with zero attached hydrogens (tertiary/aromatic N) is 3. The maximum absolute atomic E-state index is 13.8. The molecule has 0 aliphatic carbocycles. The molecule has 2 heterocycles. The molecule has 0 radical (unpaired) electrons. The smallest absolute Gasteiger partial charge is 0.275 e. The van der Waals surface area contributed by atoms with Crippen molar-refractivity contribution < 1.29 is 19.1 Å². The number of nitrogens with one attached hydrogen (secondary N) is 1. The quantitative estimate of drug-likeness (QED) is 0.394. The first-order valence-electron chi connectivity index (χ1n) is 11.9. The Labute approximate surface area is 214 Å². The van der Waals surface area contributed by atoms with Gasteiger partial charge in [-0.3, -0.25) is 14.6 Å². The Balaban J connectivity index is 1.52. The van der Waals surface area contributed by atoms with E-state index in [0.717, 1.165) is 16.7 Å². The Morgan fingerprint density at radius 3 is 2.49 bits per heavy atom. The van der Waals surface area contributed by atoms with Crippen LogP contribution < -0.4 is 14.8 Å². The summed E-state index contributed by atoms with van der Waals surface area (Å²) in [6.45, 7) is 2.60. The second kappa shape index (κ2) is 10.9. The van der Waals surface area contributed by atoms with Crippen molar-refractivity contribution in [3.05, 3.63) is 119 Å². The number of carbonyl (C=O) groups is 2. The number of aromatic nitrogens is 2. The molecule has 0 fully saturated rings. The second-order valence-electron chi connectivity index (χ2n) is 8.73. The van der Waals surface area contributed by atoms with Crippen LogP contribution in [0.1, 0.15) is 38.8 Å². The van der Waals surface area contributed by atoms with Crippen LogP contribution >= 0.6 is 0 Å². The third kappa shape index (κ3) is 5.59. The van der Waals surface area contributed by atoms with E-state index in [1.54, 1.807) is 6.07 Å². The highest BCUT2D eigenvalue weighted by atomic mass is 16.7. The lowest BCUT2D eigenvalue weighted by Crippen LogP contribution is -2.43. The first kappa shape index (κ1) is 24.0. The fourth-order valence-corrected chi connectivity index (χ4v) is 4.18. The summed E-state index contributed by atoms with van der Waals surface area (Å²) in [4.78, 5) is 37.4. The Hall–Kier alpha value is -4.72. The number of amides is 2. The van der Waals surface area contributed by atoms with Gasteiger partial charge in [-0.1, -0.05) is 66.2 Å². The molecule has 2 amide bonds. The predicted octanol–water partition coefficient (Wildman–Crippen LogP) is 4.21. The molecule has 8 heteroatoms. The minimum Gasteiger partial charge on any atom is -0.454 e. The van der Waals surface area contributed by atoms with E-state index in [-0.39, 0.29) is 24.9 Å². The molecule has 1 aliphatic rings. The van der Waals surface area contributed by atoms with Crippen LogP contribution in [0.25, 0.3) is 0 Å². The van der Waals surface area contributed by atoms with Crippen LogP contribution in [0.2, 0.25) is 0 Å². The molecular weight excluding hydrogens is 468 g/mol. The lowest BCUT2D eigenvalue weighted by Gasteiger charge is -2.31. The topological polar surface area (TPSA) is 93.7 Å². The molecule has 1 aliphatic heterocycles. The normalized spacial score (nSPS) is 12.6. The fraction of sp³-hybridized carbons (Fsp3) is 0.172. The standard InChI is InChI=1S/C29H26N4O4/c1-20-7-10-23(11-8-20)27(28(34)32-16-21-5-3-2-4-6-21)33(29(35)24-17-30-13-14-31-24)18-22-9-12-25-26(15-22)37-19-36-25/h2-15,17,27H,16,18-19H2,1H3,(H,32,34)/t27-/m1/s1. The highest BCUT2D eigenvalue weighted by Crippen LogP contribution is 2.34. The molecule has 0 spiro atoms. The Bertz CT molecular complexity index is 1380. The van der Waals surface area contributed by atoms with Crippen LogP contribution in [0.3, 0.4) is 0 Å². The summed E-state index contributed by atoms with van der Waals surface area (Å²) in [7, 11) is 0. The van der Waals surface area contributed by atoms with Gasteiger partial charge >= 0.3 is 0 Å². The Morgan fingerprint density at radius 1 is 0.946 bits per heavy atom. The summed E-state index contributed by atoms with van der Waals surface area (Å²) < 4.78 is 11.0. The third-order valence-electron chi connectivity index (χ3n) is 6.10. The van der Waals surface area contributed by atoms with E-state index >= 15 is 0 Å². The zero-order chi connectivity index (χ0) is 25.6. The largest absolute Gasteiger partial charge is 0.454 e. The van der Waals surface area contributed by atoms with Gasteiger partial charge in [0.2, 0.25) is 12.7 Å². The molecule has 0 bridgehead atoms. The van der Waals surface area contributed by atoms with Gasteiger partial charge in [0.1, 0.15) is 11.7 Å². The number of carbonyl (C=O) groups excluding carboxylic acids is 2. The zero-order valence-electron chi connectivity index (χ0n) is 20.3. The van der Waals surface area contributed by atoms with Crippen LogP contribution in [0.4, 0.5) is 0 Å². The number of aryl methyl sites for hydroxylation is 1. The number of rotatable bonds is 8. The summed E-state index contributed by atoms with van der Waals surface area (Å²) in [5.74, 6) is 0.535. The SMILES string of the molecule is Cc1ccc([C@H](C(=O)NCc2ccccc2)N(Cc2ccc3c(c2)OCO3)C(=O)c2cnccn2)cc1. The van der Waals surface area contributed by atoms with Gasteiger partial charge in [0.15, 0.2) is 11.5 Å². The minimum atomic E-state index is -0.913. The number of hydrogen-bond donors (Lipinski definition) is 1. The molecule has 5 rings (SSSR count). The molecule has 186 valence electrons. The van der Waals surface area contributed by atoms with E-state index in [1.165, 1.54) is 23.5 Å². The number of ether oxygens (including phenoxy) is 2. The Kier molecular flexibility index (Phi) is 7.07. The van der Waals surface area contributed by atoms with Crippen molar-refractivity contribution in [1.82, 2.24) is 20.2 Å². The van der Waals surface area contributed by atoms with Gasteiger partial charge in [-0.2, -0.15) is 0 Å². The second-order valence-corrected chi connectivity index (χ2v) is 8.73. The van der Waals surface area contributed by atoms with Gasteiger partial charge < -0.3 is 19.7 Å². The summed E-state index contributed by atoms with van der Waals surface area (Å²) in [6.07, 6.45) is 4.37. The predicted molar refractivity (Wildman–Crippen MR) is 137 cm³/mol. The van der Waals surface area contributed by atoms with Crippen LogP contribution in [0.15, 0.2) is 91.4 Å². The van der Waals surface area contributed by atoms with Crippen LogP contribution in [-0.4, -0.2) is 33.5 Å². The van der Waals surface area contributed by atoms with Gasteiger partial charge in [0.05, 0.1) is 6.20 Å². The molecule has 1 atom stereocenters. The van der Waals surface area contributed by atoms with Crippen molar-refractivity contribution in [3.63, 3.8) is 0 Å². The summed E-state index contributed by atoms with van der Waals surface area (Å²) >= 11 is 0. The van der Waals surface area contributed by atoms with Crippen LogP contribution in [0.5, 0.6) is 11.5 Å². The lowest BCUT2D eigenvalue weighted by atomic mass is 10.0. The van der Waals surface area contributed by atoms with E-state index in [0.29, 0.717) is 23.6 Å². The van der Waals surface area contributed by atoms with E-state index in [4.69, 9.17) is 9.47 Å². The summed E-state index contributed by atoms with van der Waals surface area (Å²) in [5, 5.41) is 3.01. The highest BCUT2D eigenvalue weighted by Gasteiger charge is 2.33. The van der Waals surface area contributed by atoms with Crippen molar-refractivity contribution in [2.75, 3.05) is 6.79 Å². The molecule has 1 aromatic heterocycles. The van der Waals surface area contributed by atoms with Gasteiger partial charge in [0, 0.05) is 25.5 Å². The zero-order valence-corrected chi connectivity index (χ0v) is 20.3. The van der Waals surface area contributed by atoms with E-state index in [9.17, 15) is 9.59 Å². The van der Waals surface area contributed by atoms with Crippen molar-refractivity contribution in [2.45, 2.75) is 26.1 Å². The summed E-state index contributed by atoms with van der Waals surface area (Å²) in [6, 6.07) is 21.8. The molecule has 4 aromatic rings. The molecule has 8 nitrogen and oxygen atoms in total. The number of benzene rings is 3. The molecular formula is C29H26N4O4. The number of hydrogen-bond acceptors (Lipinski definition) is 6. The van der Waals surface area contributed by atoms with Crippen LogP contribution in [-0.2, 0) is 17.9 Å². The lowest BCUT2D eigenvalue weighted by molar-refractivity contribution is -0.126. The van der Waals surface area contributed by atoms with Crippen molar-refractivity contribution >= 4 is 11.8 Å². The molecule has 0 unspecified atom stereocenters. The highest BCUT2D eigenvalue weighted by molar-refractivity contribution is 5.96. The first-order chi connectivity index (χ1) is 18.1. The van der Waals surface area contributed by atoms with E-state index in [1.807, 2.05) is 73.7 Å². The van der Waals surface area contributed by atoms with E-state index < -0.39 is 11.9 Å². The molecule has 1 N–H and O–H groups in total. The van der Waals surface area contributed by atoms with Crippen LogP contribution in [0, 0.1) is 6.92 Å². The Morgan fingerprint density at radius 2 is 1.73 bits per heavy atom. The molecule has 0 saturated carbocycles. The maximum Gasteiger partial charge on any atom is 0.275 e. The fourth-order valence-electron chi connectivity index (χ4n) is 4.18. The van der Waals surface area contributed by atoms with E-state index in [2.05, 4.69) is 15.3 Å². The monoisotopic (exact) mass is 494 g/mol. The number of fused-ring (bicyclic) bond motifs is 1. The molecule has 0 saturated heterocycles. The van der Waals surface area contributed by atoms with Crippen molar-refractivity contribution in [1.29, 1.82) is 0 Å². The first-order valence-corrected chi connectivity index (χ1v) is 11.9. The minimum absolute atomic E-state index is 0.142. The molecule has 37 heavy (non-hydrogen) atoms. The van der Waals surface area contributed by atoms with Gasteiger partial charge in [-0.15, -0.1) is 0 Å². The van der Waals surface area contributed by atoms with Crippen molar-refractivity contribution in [3.8, 4) is 11.5 Å².